The first kappa shape index (κ1) is 17.8. The minimum absolute atomic E-state index is 0.103. The average molecular weight is 320 g/mol. The van der Waals surface area contributed by atoms with Gasteiger partial charge in [0.25, 0.3) is 0 Å². The summed E-state index contributed by atoms with van der Waals surface area (Å²) in [5.74, 6) is 1.29. The molecule has 0 spiro atoms. The number of nitrogens with zero attached hydrogens (tertiary/aromatic N) is 2. The number of amides is 1. The normalized spacial score (nSPS) is 21.9. The van der Waals surface area contributed by atoms with Crippen LogP contribution >= 0.6 is 0 Å². The second kappa shape index (κ2) is 8.89. The van der Waals surface area contributed by atoms with Crippen LogP contribution in [0, 0.1) is 5.92 Å². The molecular weight excluding hydrogens is 292 g/mol. The third-order valence-corrected chi connectivity index (χ3v) is 4.44. The molecule has 5 nitrogen and oxygen atoms in total. The zero-order chi connectivity index (χ0) is 16.7. The van der Waals surface area contributed by atoms with Crippen molar-refractivity contribution in [1.29, 1.82) is 0 Å². The fraction of sp³-hybridized carbons (Fsp3) is 0.611. The molecular formula is C18H28N2O3. The number of piperidine rings is 1. The van der Waals surface area contributed by atoms with E-state index in [1.54, 1.807) is 4.90 Å². The number of likely N-dealkylation sites (N-methyl/N-ethyl adjacent to an activating group) is 1. The molecule has 5 heteroatoms. The number of β-amino-alcohol motifs (C(OH)–C–C–N with tert-alkyl or cyclic N) is 1. The highest BCUT2D eigenvalue weighted by Gasteiger charge is 2.26. The first-order valence-electron chi connectivity index (χ1n) is 8.38. The molecule has 0 aliphatic carbocycles. The molecule has 2 atom stereocenters. The fourth-order valence-corrected chi connectivity index (χ4v) is 2.70. The van der Waals surface area contributed by atoms with Crippen LogP contribution in [0.2, 0.25) is 0 Å². The predicted octanol–water partition coefficient (Wildman–Crippen LogP) is 1.62. The second-order valence-corrected chi connectivity index (χ2v) is 6.40. The summed E-state index contributed by atoms with van der Waals surface area (Å²) in [6.45, 7) is 5.20. The van der Waals surface area contributed by atoms with Gasteiger partial charge in [-0.05, 0) is 37.4 Å². The number of aliphatic hydroxyl groups is 1. The van der Waals surface area contributed by atoms with Gasteiger partial charge in [0.2, 0.25) is 5.91 Å². The van der Waals surface area contributed by atoms with E-state index in [2.05, 4.69) is 6.92 Å². The average Bonchev–Trinajstić information content (AvgIpc) is 2.55. The van der Waals surface area contributed by atoms with Crippen molar-refractivity contribution in [2.45, 2.75) is 25.9 Å². The van der Waals surface area contributed by atoms with E-state index in [1.807, 2.05) is 42.3 Å². The van der Waals surface area contributed by atoms with E-state index in [0.717, 1.165) is 25.1 Å². The summed E-state index contributed by atoms with van der Waals surface area (Å²) in [6.07, 6.45) is 1.43. The standard InChI is InChI=1S/C18H28N2O3/c1-15-9-11-20(13-17(15)21)14-18(22)19(2)10-6-12-23-16-7-4-3-5-8-16/h3-5,7-8,15,17,21H,6,9-14H2,1-2H3. The van der Waals surface area contributed by atoms with E-state index >= 15 is 0 Å². The summed E-state index contributed by atoms with van der Waals surface area (Å²) in [5, 5.41) is 9.90. The summed E-state index contributed by atoms with van der Waals surface area (Å²) in [4.78, 5) is 16.0. The largest absolute Gasteiger partial charge is 0.494 e. The lowest BCUT2D eigenvalue weighted by Gasteiger charge is -2.34. The molecule has 1 heterocycles. The highest BCUT2D eigenvalue weighted by molar-refractivity contribution is 5.77. The van der Waals surface area contributed by atoms with E-state index in [4.69, 9.17) is 4.74 Å². The van der Waals surface area contributed by atoms with Crippen LogP contribution in [0.25, 0.3) is 0 Å². The number of carbonyl (C=O) groups excluding carboxylic acids is 1. The van der Waals surface area contributed by atoms with E-state index < -0.39 is 0 Å². The highest BCUT2D eigenvalue weighted by atomic mass is 16.5. The summed E-state index contributed by atoms with van der Waals surface area (Å²) in [5.41, 5.74) is 0. The van der Waals surface area contributed by atoms with Gasteiger partial charge < -0.3 is 14.7 Å². The molecule has 1 aromatic rings. The minimum atomic E-state index is -0.318. The highest BCUT2D eigenvalue weighted by Crippen LogP contribution is 2.16. The number of benzene rings is 1. The van der Waals surface area contributed by atoms with Crippen LogP contribution in [0.15, 0.2) is 30.3 Å². The molecule has 1 N–H and O–H groups in total. The SMILES string of the molecule is CC1CCN(CC(=O)N(C)CCCOc2ccccc2)CC1O. The maximum atomic E-state index is 12.2. The maximum absolute atomic E-state index is 12.2. The molecule has 1 aliphatic heterocycles. The van der Waals surface area contributed by atoms with Crippen molar-refractivity contribution in [3.05, 3.63) is 30.3 Å². The number of carbonyl (C=O) groups is 1. The van der Waals surface area contributed by atoms with Crippen LogP contribution in [0.5, 0.6) is 5.75 Å². The number of likely N-dealkylation sites (tertiary alicyclic amines) is 1. The van der Waals surface area contributed by atoms with Crippen LogP contribution in [0.3, 0.4) is 0 Å². The van der Waals surface area contributed by atoms with Crippen molar-refractivity contribution in [3.63, 3.8) is 0 Å². The van der Waals surface area contributed by atoms with Crippen LogP contribution < -0.4 is 4.74 Å². The van der Waals surface area contributed by atoms with Crippen LogP contribution in [-0.4, -0.2) is 66.8 Å². The number of ether oxygens (including phenoxy) is 1. The lowest BCUT2D eigenvalue weighted by molar-refractivity contribution is -0.132. The number of hydrogen-bond donors (Lipinski definition) is 1. The quantitative estimate of drug-likeness (QED) is 0.776. The molecule has 0 radical (unpaired) electrons. The van der Waals surface area contributed by atoms with Crippen molar-refractivity contribution in [3.8, 4) is 5.75 Å². The molecule has 23 heavy (non-hydrogen) atoms. The molecule has 2 rings (SSSR count). The van der Waals surface area contributed by atoms with Gasteiger partial charge in [0.05, 0.1) is 19.3 Å². The van der Waals surface area contributed by atoms with Crippen LogP contribution in [0.1, 0.15) is 19.8 Å². The maximum Gasteiger partial charge on any atom is 0.236 e. The van der Waals surface area contributed by atoms with Crippen molar-refractivity contribution >= 4 is 5.91 Å². The van der Waals surface area contributed by atoms with E-state index in [0.29, 0.717) is 32.2 Å². The Morgan fingerprint density at radius 2 is 2.13 bits per heavy atom. The summed E-state index contributed by atoms with van der Waals surface area (Å²) in [7, 11) is 1.83. The van der Waals surface area contributed by atoms with E-state index in [9.17, 15) is 9.90 Å². The van der Waals surface area contributed by atoms with Crippen molar-refractivity contribution < 1.29 is 14.6 Å². The molecule has 1 fully saturated rings. The van der Waals surface area contributed by atoms with Crippen LogP contribution in [-0.2, 0) is 4.79 Å². The molecule has 0 aromatic heterocycles. The zero-order valence-corrected chi connectivity index (χ0v) is 14.1. The van der Waals surface area contributed by atoms with Gasteiger partial charge in [-0.15, -0.1) is 0 Å². The summed E-state index contributed by atoms with van der Waals surface area (Å²) >= 11 is 0. The Morgan fingerprint density at radius 3 is 2.83 bits per heavy atom. The molecule has 1 saturated heterocycles. The first-order chi connectivity index (χ1) is 11.1. The van der Waals surface area contributed by atoms with Crippen molar-refractivity contribution in [1.82, 2.24) is 9.80 Å². The molecule has 0 bridgehead atoms. The summed E-state index contributed by atoms with van der Waals surface area (Å²) in [6, 6.07) is 9.70. The van der Waals surface area contributed by atoms with Crippen molar-refractivity contribution in [2.24, 2.45) is 5.92 Å². The van der Waals surface area contributed by atoms with Gasteiger partial charge in [-0.3, -0.25) is 9.69 Å². The monoisotopic (exact) mass is 320 g/mol. The molecule has 0 saturated carbocycles. The van der Waals surface area contributed by atoms with Gasteiger partial charge in [0, 0.05) is 20.1 Å². The van der Waals surface area contributed by atoms with Gasteiger partial charge in [-0.2, -0.15) is 0 Å². The van der Waals surface area contributed by atoms with Gasteiger partial charge in [-0.1, -0.05) is 25.1 Å². The molecule has 1 aliphatic rings. The topological polar surface area (TPSA) is 53.0 Å². The Kier molecular flexibility index (Phi) is 6.86. The summed E-state index contributed by atoms with van der Waals surface area (Å²) < 4.78 is 5.63. The molecule has 128 valence electrons. The number of aliphatic hydroxyl groups excluding tert-OH is 1. The molecule has 1 amide bonds. The third kappa shape index (κ3) is 5.84. The van der Waals surface area contributed by atoms with Gasteiger partial charge in [-0.25, -0.2) is 0 Å². The Morgan fingerprint density at radius 1 is 1.39 bits per heavy atom. The Hall–Kier alpha value is -1.59. The van der Waals surface area contributed by atoms with E-state index in [-0.39, 0.29) is 12.0 Å². The number of para-hydroxylation sites is 1. The molecule has 1 aromatic carbocycles. The molecule has 2 unspecified atom stereocenters. The minimum Gasteiger partial charge on any atom is -0.494 e. The predicted molar refractivity (Wildman–Crippen MR) is 90.4 cm³/mol. The zero-order valence-electron chi connectivity index (χ0n) is 14.1. The van der Waals surface area contributed by atoms with Gasteiger partial charge >= 0.3 is 0 Å². The Bertz CT molecular complexity index is 480. The van der Waals surface area contributed by atoms with E-state index in [1.165, 1.54) is 0 Å². The Balaban J connectivity index is 1.63. The van der Waals surface area contributed by atoms with Gasteiger partial charge in [0.1, 0.15) is 5.75 Å². The first-order valence-corrected chi connectivity index (χ1v) is 8.38. The van der Waals surface area contributed by atoms with Gasteiger partial charge in [0.15, 0.2) is 0 Å². The van der Waals surface area contributed by atoms with Crippen molar-refractivity contribution in [2.75, 3.05) is 39.8 Å². The second-order valence-electron chi connectivity index (χ2n) is 6.40. The third-order valence-electron chi connectivity index (χ3n) is 4.44. The smallest absolute Gasteiger partial charge is 0.236 e. The number of hydrogen-bond acceptors (Lipinski definition) is 4. The number of rotatable bonds is 7. The Labute approximate surface area is 138 Å². The lowest BCUT2D eigenvalue weighted by atomic mass is 9.96. The fourth-order valence-electron chi connectivity index (χ4n) is 2.70. The lowest BCUT2D eigenvalue weighted by Crippen LogP contribution is -2.47. The van der Waals surface area contributed by atoms with Crippen LogP contribution in [0.4, 0.5) is 0 Å².